The Balaban J connectivity index is 2.82. The average Bonchev–Trinajstić information content (AvgIpc) is 2.40. The number of nitrogens with two attached hydrogens (primary N) is 1. The second-order valence-electron chi connectivity index (χ2n) is 3.82. The van der Waals surface area contributed by atoms with Crippen molar-refractivity contribution in [1.82, 2.24) is 0 Å². The molecule has 100 valence electrons. The van der Waals surface area contributed by atoms with Crippen LogP contribution in [0.4, 0.5) is 5.69 Å². The van der Waals surface area contributed by atoms with Crippen LogP contribution in [-0.2, 0) is 9.53 Å². The summed E-state index contributed by atoms with van der Waals surface area (Å²) in [4.78, 5) is 13.6. The molecule has 0 aliphatic heterocycles. The van der Waals surface area contributed by atoms with Gasteiger partial charge in [0.25, 0.3) is 5.91 Å². The summed E-state index contributed by atoms with van der Waals surface area (Å²) in [6.07, 6.45) is 0.751. The third-order valence-electron chi connectivity index (χ3n) is 2.54. The molecule has 0 spiro atoms. The molecule has 0 atom stereocenters. The molecule has 0 radical (unpaired) electrons. The van der Waals surface area contributed by atoms with Crippen LogP contribution in [-0.4, -0.2) is 39.8 Å². The number of amides is 1. The quantitative estimate of drug-likeness (QED) is 0.787. The molecule has 0 saturated heterocycles. The Morgan fingerprint density at radius 3 is 2.44 bits per heavy atom. The zero-order chi connectivity index (χ0) is 13.4. The predicted molar refractivity (Wildman–Crippen MR) is 70.9 cm³/mol. The highest BCUT2D eigenvalue weighted by Gasteiger charge is 2.14. The van der Waals surface area contributed by atoms with Crippen LogP contribution in [0.15, 0.2) is 24.3 Å². The maximum absolute atomic E-state index is 11.9. The summed E-state index contributed by atoms with van der Waals surface area (Å²) in [6, 6.07) is 7.35. The summed E-state index contributed by atoms with van der Waals surface area (Å²) in [5.74, 6) is 0.688. The Bertz CT molecular complexity index is 365. The fourth-order valence-corrected chi connectivity index (χ4v) is 1.61. The average molecular weight is 252 g/mol. The minimum Gasteiger partial charge on any atom is -0.497 e. The number of carbonyl (C=O) groups excluding carboxylic acids is 1. The molecule has 1 aromatic rings. The zero-order valence-corrected chi connectivity index (χ0v) is 10.9. The molecule has 0 bridgehead atoms. The van der Waals surface area contributed by atoms with Crippen molar-refractivity contribution in [1.29, 1.82) is 0 Å². The van der Waals surface area contributed by atoms with Crippen LogP contribution in [0.3, 0.4) is 0 Å². The van der Waals surface area contributed by atoms with Crippen LogP contribution < -0.4 is 15.4 Å². The lowest BCUT2D eigenvalue weighted by Gasteiger charge is -2.22. The number of hydrogen-bond acceptors (Lipinski definition) is 4. The number of rotatable bonds is 7. The second kappa shape index (κ2) is 7.68. The molecule has 5 heteroatoms. The van der Waals surface area contributed by atoms with Gasteiger partial charge in [0, 0.05) is 19.3 Å². The summed E-state index contributed by atoms with van der Waals surface area (Å²) in [5.41, 5.74) is 6.31. The predicted octanol–water partition coefficient (Wildman–Crippen LogP) is 1.02. The monoisotopic (exact) mass is 252 g/mol. The van der Waals surface area contributed by atoms with E-state index >= 15 is 0 Å². The second-order valence-corrected chi connectivity index (χ2v) is 3.82. The summed E-state index contributed by atoms with van der Waals surface area (Å²) in [7, 11) is 3.12. The SMILES string of the molecule is COCC(=O)N(CCCN)c1ccc(OC)cc1. The van der Waals surface area contributed by atoms with Gasteiger partial charge in [-0.1, -0.05) is 0 Å². The molecular formula is C13H20N2O3. The van der Waals surface area contributed by atoms with E-state index in [2.05, 4.69) is 0 Å². The Morgan fingerprint density at radius 1 is 1.28 bits per heavy atom. The first kappa shape index (κ1) is 14.5. The molecule has 18 heavy (non-hydrogen) atoms. The van der Waals surface area contributed by atoms with Gasteiger partial charge in [-0.15, -0.1) is 0 Å². The van der Waals surface area contributed by atoms with Gasteiger partial charge in [0.2, 0.25) is 0 Å². The van der Waals surface area contributed by atoms with Gasteiger partial charge >= 0.3 is 0 Å². The Kier molecular flexibility index (Phi) is 6.18. The molecule has 1 rings (SSSR count). The zero-order valence-electron chi connectivity index (χ0n) is 10.9. The first-order valence-electron chi connectivity index (χ1n) is 5.86. The molecule has 0 saturated carbocycles. The van der Waals surface area contributed by atoms with E-state index in [4.69, 9.17) is 15.2 Å². The molecular weight excluding hydrogens is 232 g/mol. The van der Waals surface area contributed by atoms with Crippen LogP contribution in [0, 0.1) is 0 Å². The molecule has 1 amide bonds. The van der Waals surface area contributed by atoms with Crippen molar-refractivity contribution in [2.24, 2.45) is 5.73 Å². The first-order valence-corrected chi connectivity index (χ1v) is 5.86. The Labute approximate surface area is 107 Å². The molecule has 2 N–H and O–H groups in total. The van der Waals surface area contributed by atoms with E-state index < -0.39 is 0 Å². The number of carbonyl (C=O) groups is 1. The lowest BCUT2D eigenvalue weighted by atomic mass is 10.2. The van der Waals surface area contributed by atoms with E-state index in [1.165, 1.54) is 7.11 Å². The Morgan fingerprint density at radius 2 is 1.94 bits per heavy atom. The molecule has 0 heterocycles. The van der Waals surface area contributed by atoms with Crippen molar-refractivity contribution in [2.75, 3.05) is 38.8 Å². The van der Waals surface area contributed by atoms with Gasteiger partial charge in [-0.2, -0.15) is 0 Å². The third-order valence-corrected chi connectivity index (χ3v) is 2.54. The van der Waals surface area contributed by atoms with Crippen LogP contribution in [0.1, 0.15) is 6.42 Å². The van der Waals surface area contributed by atoms with Gasteiger partial charge in [-0.3, -0.25) is 4.79 Å². The fraction of sp³-hybridized carbons (Fsp3) is 0.462. The third kappa shape index (κ3) is 4.01. The van der Waals surface area contributed by atoms with Crippen molar-refractivity contribution in [2.45, 2.75) is 6.42 Å². The van der Waals surface area contributed by atoms with E-state index in [0.717, 1.165) is 17.9 Å². The molecule has 0 aliphatic carbocycles. The van der Waals surface area contributed by atoms with Crippen molar-refractivity contribution >= 4 is 11.6 Å². The molecule has 0 fully saturated rings. The summed E-state index contributed by atoms with van der Waals surface area (Å²) in [5, 5.41) is 0. The molecule has 0 aliphatic rings. The number of benzene rings is 1. The minimum atomic E-state index is -0.0730. The molecule has 0 aromatic heterocycles. The minimum absolute atomic E-state index is 0.0661. The van der Waals surface area contributed by atoms with Crippen molar-refractivity contribution in [3.8, 4) is 5.75 Å². The van der Waals surface area contributed by atoms with E-state index in [1.807, 2.05) is 24.3 Å². The van der Waals surface area contributed by atoms with E-state index in [1.54, 1.807) is 12.0 Å². The van der Waals surface area contributed by atoms with Crippen molar-refractivity contribution in [3.63, 3.8) is 0 Å². The normalized spacial score (nSPS) is 10.2. The van der Waals surface area contributed by atoms with Gasteiger partial charge in [0.15, 0.2) is 0 Å². The topological polar surface area (TPSA) is 64.8 Å². The highest BCUT2D eigenvalue weighted by molar-refractivity contribution is 5.94. The van der Waals surface area contributed by atoms with Gasteiger partial charge in [0.05, 0.1) is 7.11 Å². The number of methoxy groups -OCH3 is 2. The maximum Gasteiger partial charge on any atom is 0.252 e. The lowest BCUT2D eigenvalue weighted by molar-refractivity contribution is -0.122. The van der Waals surface area contributed by atoms with E-state index in [0.29, 0.717) is 13.1 Å². The maximum atomic E-state index is 11.9. The fourth-order valence-electron chi connectivity index (χ4n) is 1.61. The number of anilines is 1. The molecule has 1 aromatic carbocycles. The standard InChI is InChI=1S/C13H20N2O3/c1-17-10-13(16)15(9-3-8-14)11-4-6-12(18-2)7-5-11/h4-7H,3,8-10,14H2,1-2H3. The summed E-state index contributed by atoms with van der Waals surface area (Å²) in [6.45, 7) is 1.20. The van der Waals surface area contributed by atoms with Gasteiger partial charge in [0.1, 0.15) is 12.4 Å². The van der Waals surface area contributed by atoms with Crippen LogP contribution in [0.2, 0.25) is 0 Å². The summed E-state index contributed by atoms with van der Waals surface area (Å²) < 4.78 is 9.97. The van der Waals surface area contributed by atoms with Gasteiger partial charge < -0.3 is 20.1 Å². The number of ether oxygens (including phenoxy) is 2. The lowest BCUT2D eigenvalue weighted by Crippen LogP contribution is -2.35. The van der Waals surface area contributed by atoms with Crippen molar-refractivity contribution in [3.05, 3.63) is 24.3 Å². The van der Waals surface area contributed by atoms with E-state index in [9.17, 15) is 4.79 Å². The number of nitrogens with zero attached hydrogens (tertiary/aromatic N) is 1. The smallest absolute Gasteiger partial charge is 0.252 e. The van der Waals surface area contributed by atoms with Gasteiger partial charge in [-0.25, -0.2) is 0 Å². The highest BCUT2D eigenvalue weighted by Crippen LogP contribution is 2.19. The highest BCUT2D eigenvalue weighted by atomic mass is 16.5. The summed E-state index contributed by atoms with van der Waals surface area (Å²) >= 11 is 0. The van der Waals surface area contributed by atoms with Gasteiger partial charge in [-0.05, 0) is 37.2 Å². The Hall–Kier alpha value is -1.59. The number of hydrogen-bond donors (Lipinski definition) is 1. The van der Waals surface area contributed by atoms with Crippen LogP contribution >= 0.6 is 0 Å². The molecule has 5 nitrogen and oxygen atoms in total. The first-order chi connectivity index (χ1) is 8.72. The van der Waals surface area contributed by atoms with Crippen molar-refractivity contribution < 1.29 is 14.3 Å². The van der Waals surface area contributed by atoms with E-state index in [-0.39, 0.29) is 12.5 Å². The largest absolute Gasteiger partial charge is 0.497 e. The van der Waals surface area contributed by atoms with Crippen LogP contribution in [0.25, 0.3) is 0 Å². The van der Waals surface area contributed by atoms with Crippen LogP contribution in [0.5, 0.6) is 5.75 Å². The molecule has 0 unspecified atom stereocenters.